The molecule has 2 rings (SSSR count). The Morgan fingerprint density at radius 3 is 2.78 bits per heavy atom. The number of sulfone groups is 1. The Kier molecular flexibility index (Phi) is 5.82. The van der Waals surface area contributed by atoms with Crippen molar-refractivity contribution >= 4 is 15.7 Å². The maximum absolute atomic E-state index is 11.8. The van der Waals surface area contributed by atoms with E-state index >= 15 is 0 Å². The van der Waals surface area contributed by atoms with Crippen LogP contribution < -0.4 is 10.1 Å². The molecule has 1 N–H and O–H groups in total. The van der Waals surface area contributed by atoms with Gasteiger partial charge < -0.3 is 10.1 Å². The van der Waals surface area contributed by atoms with Crippen molar-refractivity contribution in [1.29, 1.82) is 0 Å². The minimum atomic E-state index is -3.13. The second-order valence-corrected chi connectivity index (χ2v) is 7.65. The molecular weight excluding hydrogens is 314 g/mol. The van der Waals surface area contributed by atoms with Crippen LogP contribution in [0, 0.1) is 6.92 Å². The van der Waals surface area contributed by atoms with Gasteiger partial charge in [-0.2, -0.15) is 0 Å². The number of hydrogen-bond donors (Lipinski definition) is 1. The van der Waals surface area contributed by atoms with Gasteiger partial charge in [-0.1, -0.05) is 12.1 Å². The molecule has 1 aromatic carbocycles. The Morgan fingerprint density at radius 1 is 1.39 bits per heavy atom. The number of aryl methyl sites for hydroxylation is 2. The second-order valence-electron chi connectivity index (χ2n) is 5.72. The molecule has 0 aliphatic carbocycles. The van der Waals surface area contributed by atoms with Gasteiger partial charge in [-0.3, -0.25) is 4.79 Å². The maximum Gasteiger partial charge on any atom is 0.220 e. The summed E-state index contributed by atoms with van der Waals surface area (Å²) in [5, 5.41) is 3.90. The summed E-state index contributed by atoms with van der Waals surface area (Å²) in [6, 6.07) is 5.67. The maximum atomic E-state index is 11.8. The number of carbonyl (C=O) groups is 1. The van der Waals surface area contributed by atoms with Crippen LogP contribution in [0.4, 0.5) is 0 Å². The molecule has 0 bridgehead atoms. The first-order chi connectivity index (χ1) is 10.9. The number of rotatable bonds is 7. The lowest BCUT2D eigenvalue weighted by Crippen LogP contribution is -2.35. The predicted octanol–water partition coefficient (Wildman–Crippen LogP) is 2.14. The highest BCUT2D eigenvalue weighted by Crippen LogP contribution is 2.20. The van der Waals surface area contributed by atoms with E-state index in [9.17, 15) is 13.2 Å². The van der Waals surface area contributed by atoms with Crippen molar-refractivity contribution in [3.05, 3.63) is 40.8 Å². The van der Waals surface area contributed by atoms with Crippen LogP contribution in [0.3, 0.4) is 0 Å². The highest BCUT2D eigenvalue weighted by atomic mass is 32.2. The lowest BCUT2D eigenvalue weighted by Gasteiger charge is -2.11. The number of hydrogen-bond acceptors (Lipinski definition) is 4. The number of benzene rings is 1. The Balaban J connectivity index is 1.75. The molecule has 0 unspecified atom stereocenters. The van der Waals surface area contributed by atoms with Gasteiger partial charge in [-0.25, -0.2) is 8.42 Å². The summed E-state index contributed by atoms with van der Waals surface area (Å²) in [4.78, 5) is 11.8. The van der Waals surface area contributed by atoms with E-state index in [1.165, 1.54) is 17.0 Å². The standard InChI is InChI=1S/C17H23NO4S/c1-3-22-16-8-7-14(11-13(16)2)5-4-6-17(19)18-15-9-10-23(20,21)12-15/h7-11,15H,3-6,12H2,1-2H3,(H,18,19)/t15-/m1/s1. The van der Waals surface area contributed by atoms with Gasteiger partial charge in [0.05, 0.1) is 18.4 Å². The van der Waals surface area contributed by atoms with Crippen LogP contribution in [-0.4, -0.2) is 32.7 Å². The third-order valence-electron chi connectivity index (χ3n) is 3.68. The minimum Gasteiger partial charge on any atom is -0.494 e. The van der Waals surface area contributed by atoms with E-state index in [-0.39, 0.29) is 17.7 Å². The number of nitrogens with one attached hydrogen (secondary N) is 1. The lowest BCUT2D eigenvalue weighted by molar-refractivity contribution is -0.121. The fourth-order valence-corrected chi connectivity index (χ4v) is 3.82. The average molecular weight is 337 g/mol. The van der Waals surface area contributed by atoms with Gasteiger partial charge in [-0.15, -0.1) is 0 Å². The lowest BCUT2D eigenvalue weighted by atomic mass is 10.0. The molecule has 1 heterocycles. The molecule has 1 aliphatic heterocycles. The van der Waals surface area contributed by atoms with Crippen LogP contribution >= 0.6 is 0 Å². The zero-order valence-electron chi connectivity index (χ0n) is 13.5. The summed E-state index contributed by atoms with van der Waals surface area (Å²) in [6.07, 6.45) is 3.45. The van der Waals surface area contributed by atoms with Crippen LogP contribution in [0.15, 0.2) is 29.7 Å². The molecule has 1 aromatic rings. The van der Waals surface area contributed by atoms with Gasteiger partial charge in [0.2, 0.25) is 5.91 Å². The first kappa shape index (κ1) is 17.5. The van der Waals surface area contributed by atoms with E-state index in [1.54, 1.807) is 0 Å². The van der Waals surface area contributed by atoms with Crippen molar-refractivity contribution in [2.75, 3.05) is 12.4 Å². The number of carbonyl (C=O) groups excluding carboxylic acids is 1. The van der Waals surface area contributed by atoms with Crippen molar-refractivity contribution in [1.82, 2.24) is 5.32 Å². The van der Waals surface area contributed by atoms with Gasteiger partial charge in [0.25, 0.3) is 0 Å². The molecule has 0 radical (unpaired) electrons. The van der Waals surface area contributed by atoms with Gasteiger partial charge >= 0.3 is 0 Å². The fraction of sp³-hybridized carbons (Fsp3) is 0.471. The number of amides is 1. The molecule has 5 nitrogen and oxygen atoms in total. The van der Waals surface area contributed by atoms with Crippen molar-refractivity contribution in [3.63, 3.8) is 0 Å². The molecule has 0 spiro atoms. The van der Waals surface area contributed by atoms with E-state index in [0.29, 0.717) is 13.0 Å². The van der Waals surface area contributed by atoms with E-state index in [2.05, 4.69) is 11.4 Å². The summed E-state index contributed by atoms with van der Waals surface area (Å²) < 4.78 is 28.1. The molecule has 0 saturated heterocycles. The predicted molar refractivity (Wildman–Crippen MR) is 90.1 cm³/mol. The topological polar surface area (TPSA) is 72.5 Å². The van der Waals surface area contributed by atoms with E-state index < -0.39 is 9.84 Å². The zero-order chi connectivity index (χ0) is 16.9. The fourth-order valence-electron chi connectivity index (χ4n) is 2.58. The molecule has 1 amide bonds. The first-order valence-corrected chi connectivity index (χ1v) is 9.54. The van der Waals surface area contributed by atoms with Crippen molar-refractivity contribution < 1.29 is 17.9 Å². The third-order valence-corrected chi connectivity index (χ3v) is 5.08. The van der Waals surface area contributed by atoms with E-state index in [0.717, 1.165) is 24.2 Å². The van der Waals surface area contributed by atoms with Crippen LogP contribution in [0.25, 0.3) is 0 Å². The highest BCUT2D eigenvalue weighted by molar-refractivity contribution is 7.94. The average Bonchev–Trinajstić information content (AvgIpc) is 2.81. The summed E-state index contributed by atoms with van der Waals surface area (Å²) in [6.45, 7) is 4.61. The van der Waals surface area contributed by atoms with Gasteiger partial charge in [-0.05, 0) is 50.0 Å². The Labute approximate surface area is 137 Å². The summed E-state index contributed by atoms with van der Waals surface area (Å²) in [5.41, 5.74) is 2.26. The van der Waals surface area contributed by atoms with Crippen LogP contribution in [0.1, 0.15) is 30.9 Å². The SMILES string of the molecule is CCOc1ccc(CCCC(=O)N[C@@H]2C=CS(=O)(=O)C2)cc1C. The molecule has 1 aliphatic rings. The smallest absolute Gasteiger partial charge is 0.220 e. The molecule has 0 saturated carbocycles. The molecule has 23 heavy (non-hydrogen) atoms. The van der Waals surface area contributed by atoms with Crippen LogP contribution in [0.2, 0.25) is 0 Å². The van der Waals surface area contributed by atoms with Crippen molar-refractivity contribution in [3.8, 4) is 5.75 Å². The summed E-state index contributed by atoms with van der Waals surface area (Å²) in [7, 11) is -3.13. The molecule has 6 heteroatoms. The van der Waals surface area contributed by atoms with Gasteiger partial charge in [0.15, 0.2) is 9.84 Å². The van der Waals surface area contributed by atoms with Crippen molar-refractivity contribution in [2.24, 2.45) is 0 Å². The Bertz CT molecular complexity index is 695. The van der Waals surface area contributed by atoms with Gasteiger partial charge in [0.1, 0.15) is 5.75 Å². The number of ether oxygens (including phenoxy) is 1. The van der Waals surface area contributed by atoms with Gasteiger partial charge in [0, 0.05) is 11.8 Å². The van der Waals surface area contributed by atoms with E-state index in [1.807, 2.05) is 26.0 Å². The molecule has 0 aromatic heterocycles. The summed E-state index contributed by atoms with van der Waals surface area (Å²) in [5.74, 6) is 0.749. The van der Waals surface area contributed by atoms with Crippen LogP contribution in [0.5, 0.6) is 5.75 Å². The molecule has 1 atom stereocenters. The first-order valence-electron chi connectivity index (χ1n) is 7.82. The second kappa shape index (κ2) is 7.64. The zero-order valence-corrected chi connectivity index (χ0v) is 14.4. The highest BCUT2D eigenvalue weighted by Gasteiger charge is 2.22. The van der Waals surface area contributed by atoms with Crippen LogP contribution in [-0.2, 0) is 21.1 Å². The molecule has 0 fully saturated rings. The molecular formula is C17H23NO4S. The normalized spacial score (nSPS) is 18.8. The molecule has 126 valence electrons. The summed E-state index contributed by atoms with van der Waals surface area (Å²) >= 11 is 0. The largest absolute Gasteiger partial charge is 0.494 e. The monoisotopic (exact) mass is 337 g/mol. The third kappa shape index (κ3) is 5.39. The van der Waals surface area contributed by atoms with E-state index in [4.69, 9.17) is 4.74 Å². The quantitative estimate of drug-likeness (QED) is 0.827. The van der Waals surface area contributed by atoms with Crippen molar-refractivity contribution in [2.45, 2.75) is 39.2 Å². The minimum absolute atomic E-state index is 0.0309. The Morgan fingerprint density at radius 2 is 2.17 bits per heavy atom. The Hall–Kier alpha value is -1.82.